The molecule has 1 fully saturated rings. The Morgan fingerprint density at radius 2 is 2.00 bits per heavy atom. The number of benzene rings is 1. The first-order chi connectivity index (χ1) is 12.6. The van der Waals surface area contributed by atoms with Crippen LogP contribution in [0.5, 0.6) is 0 Å². The fourth-order valence-electron chi connectivity index (χ4n) is 3.29. The van der Waals surface area contributed by atoms with Crippen molar-refractivity contribution in [3.63, 3.8) is 0 Å². The SMILES string of the molecule is CC(C)(C)OC(=O)N(Cc1cc2ccc(Br)cc2n1C(=O)O)CC1CCC1. The molecule has 27 heavy (non-hydrogen) atoms. The van der Waals surface area contributed by atoms with E-state index in [2.05, 4.69) is 15.9 Å². The van der Waals surface area contributed by atoms with Crippen molar-refractivity contribution in [1.82, 2.24) is 9.47 Å². The van der Waals surface area contributed by atoms with E-state index in [9.17, 15) is 14.7 Å². The summed E-state index contributed by atoms with van der Waals surface area (Å²) in [5, 5.41) is 10.6. The molecule has 1 aliphatic rings. The van der Waals surface area contributed by atoms with Crippen LogP contribution >= 0.6 is 15.9 Å². The maximum Gasteiger partial charge on any atom is 0.416 e. The van der Waals surface area contributed by atoms with Gasteiger partial charge in [0.05, 0.1) is 12.1 Å². The molecule has 1 amide bonds. The summed E-state index contributed by atoms with van der Waals surface area (Å²) in [5.74, 6) is 0.453. The molecular formula is C20H25BrN2O4. The first-order valence-corrected chi connectivity index (χ1v) is 9.94. The van der Waals surface area contributed by atoms with Crippen LogP contribution in [0.3, 0.4) is 0 Å². The van der Waals surface area contributed by atoms with Crippen molar-refractivity contribution in [3.8, 4) is 0 Å². The molecular weight excluding hydrogens is 412 g/mol. The van der Waals surface area contributed by atoms with Crippen molar-refractivity contribution in [1.29, 1.82) is 0 Å². The van der Waals surface area contributed by atoms with Crippen molar-refractivity contribution in [3.05, 3.63) is 34.4 Å². The Kier molecular flexibility index (Phi) is 5.51. The lowest BCUT2D eigenvalue weighted by Crippen LogP contribution is -2.41. The van der Waals surface area contributed by atoms with Gasteiger partial charge in [0.15, 0.2) is 0 Å². The van der Waals surface area contributed by atoms with Gasteiger partial charge >= 0.3 is 12.2 Å². The van der Waals surface area contributed by atoms with Crippen molar-refractivity contribution in [2.45, 2.75) is 52.2 Å². The second-order valence-corrected chi connectivity index (χ2v) is 9.03. The molecule has 1 heterocycles. The molecule has 146 valence electrons. The van der Waals surface area contributed by atoms with Crippen LogP contribution in [0, 0.1) is 5.92 Å². The third-order valence-corrected chi connectivity index (χ3v) is 5.24. The second-order valence-electron chi connectivity index (χ2n) is 8.11. The summed E-state index contributed by atoms with van der Waals surface area (Å²) in [7, 11) is 0. The van der Waals surface area contributed by atoms with Gasteiger partial charge < -0.3 is 14.7 Å². The van der Waals surface area contributed by atoms with Crippen molar-refractivity contribution in [2.24, 2.45) is 5.92 Å². The van der Waals surface area contributed by atoms with Crippen molar-refractivity contribution in [2.75, 3.05) is 6.54 Å². The number of ether oxygens (including phenoxy) is 1. The fraction of sp³-hybridized carbons (Fsp3) is 0.500. The van der Waals surface area contributed by atoms with E-state index < -0.39 is 17.8 Å². The number of hydrogen-bond acceptors (Lipinski definition) is 3. The molecule has 6 nitrogen and oxygen atoms in total. The van der Waals surface area contributed by atoms with Gasteiger partial charge in [-0.25, -0.2) is 14.2 Å². The number of halogens is 1. The first kappa shape index (κ1) is 19.7. The largest absolute Gasteiger partial charge is 0.464 e. The van der Waals surface area contributed by atoms with Crippen LogP contribution in [0.15, 0.2) is 28.7 Å². The van der Waals surface area contributed by atoms with Gasteiger partial charge in [-0.1, -0.05) is 28.4 Å². The molecule has 1 aromatic carbocycles. The molecule has 0 unspecified atom stereocenters. The summed E-state index contributed by atoms with van der Waals surface area (Å²) in [6.07, 6.45) is 1.89. The Bertz CT molecular complexity index is 865. The summed E-state index contributed by atoms with van der Waals surface area (Å²) in [4.78, 5) is 26.3. The normalized spacial score (nSPS) is 14.8. The van der Waals surface area contributed by atoms with Gasteiger partial charge in [0.25, 0.3) is 0 Å². The van der Waals surface area contributed by atoms with Crippen LogP contribution in [0.25, 0.3) is 10.9 Å². The average molecular weight is 437 g/mol. The van der Waals surface area contributed by atoms with Gasteiger partial charge in [0.1, 0.15) is 5.60 Å². The summed E-state index contributed by atoms with van der Waals surface area (Å²) < 4.78 is 7.61. The van der Waals surface area contributed by atoms with Gasteiger partial charge in [0, 0.05) is 22.1 Å². The van der Waals surface area contributed by atoms with Crippen LogP contribution in [0.2, 0.25) is 0 Å². The number of hydrogen-bond donors (Lipinski definition) is 1. The van der Waals surface area contributed by atoms with E-state index in [0.717, 1.165) is 22.7 Å². The predicted molar refractivity (Wildman–Crippen MR) is 107 cm³/mol. The van der Waals surface area contributed by atoms with Crippen LogP contribution in [-0.2, 0) is 11.3 Å². The van der Waals surface area contributed by atoms with Gasteiger partial charge in [-0.05, 0) is 57.7 Å². The molecule has 0 bridgehead atoms. The van der Waals surface area contributed by atoms with E-state index in [0.29, 0.717) is 23.7 Å². The molecule has 1 saturated carbocycles. The molecule has 0 atom stereocenters. The minimum absolute atomic E-state index is 0.198. The van der Waals surface area contributed by atoms with Gasteiger partial charge in [-0.3, -0.25) is 0 Å². The van der Waals surface area contributed by atoms with Crippen molar-refractivity contribution >= 4 is 39.0 Å². The molecule has 3 rings (SSSR count). The van der Waals surface area contributed by atoms with Crippen molar-refractivity contribution < 1.29 is 19.4 Å². The van der Waals surface area contributed by atoms with E-state index in [1.54, 1.807) is 11.0 Å². The smallest absolute Gasteiger partial charge is 0.416 e. The van der Waals surface area contributed by atoms with E-state index in [-0.39, 0.29) is 6.54 Å². The highest BCUT2D eigenvalue weighted by molar-refractivity contribution is 9.10. The molecule has 0 spiro atoms. The van der Waals surface area contributed by atoms with Crippen LogP contribution in [-0.4, -0.2) is 38.9 Å². The van der Waals surface area contributed by atoms with E-state index in [1.165, 1.54) is 11.0 Å². The Hall–Kier alpha value is -2.02. The van der Waals surface area contributed by atoms with Crippen LogP contribution < -0.4 is 0 Å². The maximum absolute atomic E-state index is 12.7. The van der Waals surface area contributed by atoms with E-state index in [1.807, 2.05) is 39.0 Å². The topological polar surface area (TPSA) is 71.8 Å². The first-order valence-electron chi connectivity index (χ1n) is 9.15. The predicted octanol–water partition coefficient (Wildman–Crippen LogP) is 5.47. The highest BCUT2D eigenvalue weighted by Gasteiger charge is 2.29. The lowest BCUT2D eigenvalue weighted by Gasteiger charge is -2.33. The molecule has 1 aromatic heterocycles. The number of fused-ring (bicyclic) bond motifs is 1. The molecule has 0 radical (unpaired) electrons. The number of rotatable bonds is 4. The minimum atomic E-state index is -1.06. The third kappa shape index (κ3) is 4.64. The highest BCUT2D eigenvalue weighted by atomic mass is 79.9. The number of nitrogens with zero attached hydrogens (tertiary/aromatic N) is 2. The molecule has 0 aliphatic heterocycles. The number of aromatic nitrogens is 1. The quantitative estimate of drug-likeness (QED) is 0.689. The summed E-state index contributed by atoms with van der Waals surface area (Å²) in [6.45, 7) is 6.28. The number of carbonyl (C=O) groups is 2. The molecule has 7 heteroatoms. The Balaban J connectivity index is 1.93. The summed E-state index contributed by atoms with van der Waals surface area (Å²) in [6, 6.07) is 7.34. The zero-order valence-electron chi connectivity index (χ0n) is 15.9. The van der Waals surface area contributed by atoms with Gasteiger partial charge in [-0.2, -0.15) is 0 Å². The third-order valence-electron chi connectivity index (χ3n) is 4.74. The molecule has 0 saturated heterocycles. The number of carbonyl (C=O) groups excluding carboxylic acids is 1. The monoisotopic (exact) mass is 436 g/mol. The molecule has 1 aliphatic carbocycles. The fourth-order valence-corrected chi connectivity index (χ4v) is 3.64. The van der Waals surface area contributed by atoms with Gasteiger partial charge in [0.2, 0.25) is 0 Å². The maximum atomic E-state index is 12.7. The minimum Gasteiger partial charge on any atom is -0.464 e. The zero-order valence-corrected chi connectivity index (χ0v) is 17.5. The summed E-state index contributed by atoms with van der Waals surface area (Å²) >= 11 is 3.39. The molecule has 2 aromatic rings. The standard InChI is InChI=1S/C20H25BrN2O4/c1-20(2,3)27-19(26)22(11-13-5-4-6-13)12-16-9-14-7-8-15(21)10-17(14)23(16)18(24)25/h7-10,13H,4-6,11-12H2,1-3H3,(H,24,25). The second kappa shape index (κ2) is 7.54. The van der Waals surface area contributed by atoms with Crippen LogP contribution in [0.4, 0.5) is 9.59 Å². The Labute approximate surface area is 167 Å². The Morgan fingerprint density at radius 3 is 2.56 bits per heavy atom. The van der Waals surface area contributed by atoms with E-state index >= 15 is 0 Å². The lowest BCUT2D eigenvalue weighted by molar-refractivity contribution is 0.0168. The van der Waals surface area contributed by atoms with Crippen LogP contribution in [0.1, 0.15) is 45.7 Å². The average Bonchev–Trinajstić information content (AvgIpc) is 2.84. The van der Waals surface area contributed by atoms with Gasteiger partial charge in [-0.15, -0.1) is 0 Å². The lowest BCUT2D eigenvalue weighted by atomic mass is 9.85. The molecule has 1 N–H and O–H groups in total. The number of carboxylic acid groups (broad SMARTS) is 1. The number of amides is 1. The summed E-state index contributed by atoms with van der Waals surface area (Å²) in [5.41, 5.74) is 0.555. The zero-order chi connectivity index (χ0) is 19.8. The Morgan fingerprint density at radius 1 is 1.30 bits per heavy atom. The van der Waals surface area contributed by atoms with E-state index in [4.69, 9.17) is 4.74 Å². The highest BCUT2D eigenvalue weighted by Crippen LogP contribution is 2.30.